The first kappa shape index (κ1) is 9.93. The third-order valence-electron chi connectivity index (χ3n) is 3.27. The quantitative estimate of drug-likeness (QED) is 0.703. The summed E-state index contributed by atoms with van der Waals surface area (Å²) in [5, 5.41) is 0. The average Bonchev–Trinajstić information content (AvgIpc) is 2.70. The van der Waals surface area contributed by atoms with E-state index in [2.05, 4.69) is 24.2 Å². The van der Waals surface area contributed by atoms with E-state index < -0.39 is 0 Å². The summed E-state index contributed by atoms with van der Waals surface area (Å²) in [6.45, 7) is 6.67. The van der Waals surface area contributed by atoms with E-state index in [1.807, 2.05) is 0 Å². The first-order chi connectivity index (χ1) is 6.66. The van der Waals surface area contributed by atoms with Crippen LogP contribution in [-0.2, 0) is 9.63 Å². The normalized spacial score (nSPS) is 34.1. The van der Waals surface area contributed by atoms with E-state index in [1.165, 1.54) is 6.42 Å². The van der Waals surface area contributed by atoms with Crippen LogP contribution < -0.4 is 5.48 Å². The van der Waals surface area contributed by atoms with Crippen LogP contribution in [0.15, 0.2) is 0 Å². The predicted molar refractivity (Wildman–Crippen MR) is 52.4 cm³/mol. The van der Waals surface area contributed by atoms with Crippen LogP contribution in [0.1, 0.15) is 26.7 Å². The first-order valence-corrected chi connectivity index (χ1v) is 5.36. The summed E-state index contributed by atoms with van der Waals surface area (Å²) in [4.78, 5) is 18.1. The second-order valence-corrected chi connectivity index (χ2v) is 4.54. The van der Waals surface area contributed by atoms with E-state index in [4.69, 9.17) is 4.84 Å². The van der Waals surface area contributed by atoms with Gasteiger partial charge in [0.2, 0.25) is 0 Å². The molecule has 0 amide bonds. The maximum Gasteiger partial charge on any atom is 0.326 e. The number of hydrogen-bond acceptors (Lipinski definition) is 4. The van der Waals surface area contributed by atoms with Crippen LogP contribution in [0.25, 0.3) is 0 Å². The van der Waals surface area contributed by atoms with E-state index in [-0.39, 0.29) is 12.0 Å². The van der Waals surface area contributed by atoms with Crippen LogP contribution in [-0.4, -0.2) is 36.0 Å². The van der Waals surface area contributed by atoms with Crippen molar-refractivity contribution in [2.24, 2.45) is 5.92 Å². The Balaban J connectivity index is 1.86. The Bertz CT molecular complexity index is 230. The van der Waals surface area contributed by atoms with Gasteiger partial charge < -0.3 is 9.74 Å². The fourth-order valence-corrected chi connectivity index (χ4v) is 2.28. The molecule has 1 N–H and O–H groups in total. The summed E-state index contributed by atoms with van der Waals surface area (Å²) in [6, 6.07) is 0.851. The molecular weight excluding hydrogens is 180 g/mol. The number of nitrogens with one attached hydrogen (secondary N) is 1. The van der Waals surface area contributed by atoms with Crippen molar-refractivity contribution in [2.75, 3.05) is 13.1 Å². The van der Waals surface area contributed by atoms with Crippen molar-refractivity contribution < 1.29 is 9.63 Å². The van der Waals surface area contributed by atoms with Gasteiger partial charge in [-0.3, -0.25) is 4.79 Å². The minimum atomic E-state index is -0.113. The molecule has 80 valence electrons. The lowest BCUT2D eigenvalue weighted by molar-refractivity contribution is -0.143. The Morgan fingerprint density at radius 1 is 1.57 bits per heavy atom. The van der Waals surface area contributed by atoms with E-state index >= 15 is 0 Å². The first-order valence-electron chi connectivity index (χ1n) is 5.36. The summed E-state index contributed by atoms with van der Waals surface area (Å²) in [5.41, 5.74) is 2.83. The van der Waals surface area contributed by atoms with Crippen molar-refractivity contribution >= 4 is 5.97 Å². The summed E-state index contributed by atoms with van der Waals surface area (Å²) >= 11 is 0. The molecule has 0 aromatic rings. The number of carbonyl (C=O) groups excluding carboxylic acids is 1. The number of hydrogen-bond donors (Lipinski definition) is 1. The van der Waals surface area contributed by atoms with Gasteiger partial charge in [-0.1, -0.05) is 0 Å². The third-order valence-corrected chi connectivity index (χ3v) is 3.27. The lowest BCUT2D eigenvalue weighted by atomic mass is 9.98. The molecule has 14 heavy (non-hydrogen) atoms. The molecule has 4 nitrogen and oxygen atoms in total. The van der Waals surface area contributed by atoms with Crippen molar-refractivity contribution in [2.45, 2.75) is 38.8 Å². The number of hydroxylamine groups is 1. The number of rotatable bonds is 2. The van der Waals surface area contributed by atoms with Crippen molar-refractivity contribution in [1.82, 2.24) is 10.4 Å². The summed E-state index contributed by atoms with van der Waals surface area (Å²) < 4.78 is 0. The fourth-order valence-electron chi connectivity index (χ4n) is 2.28. The molecular formula is C10H18N2O2. The van der Waals surface area contributed by atoms with Crippen LogP contribution in [0.4, 0.5) is 0 Å². The van der Waals surface area contributed by atoms with Crippen LogP contribution >= 0.6 is 0 Å². The van der Waals surface area contributed by atoms with Gasteiger partial charge in [-0.15, -0.1) is 5.48 Å². The van der Waals surface area contributed by atoms with E-state index in [1.54, 1.807) is 0 Å². The molecule has 0 aliphatic carbocycles. The average molecular weight is 198 g/mol. The monoisotopic (exact) mass is 198 g/mol. The summed E-state index contributed by atoms with van der Waals surface area (Å²) in [6.07, 6.45) is 1.71. The maximum absolute atomic E-state index is 10.9. The Morgan fingerprint density at radius 2 is 2.36 bits per heavy atom. The molecule has 0 bridgehead atoms. The van der Waals surface area contributed by atoms with Gasteiger partial charge in [0.15, 0.2) is 0 Å². The summed E-state index contributed by atoms with van der Waals surface area (Å²) in [5.74, 6) is 0.460. The molecule has 2 heterocycles. The zero-order valence-corrected chi connectivity index (χ0v) is 8.82. The molecule has 0 aromatic carbocycles. The number of carbonyl (C=O) groups is 1. The molecule has 1 unspecified atom stereocenters. The Hall–Kier alpha value is -0.610. The molecule has 2 fully saturated rings. The van der Waals surface area contributed by atoms with Gasteiger partial charge in [0.05, 0.1) is 12.5 Å². The minimum absolute atomic E-state index is 0.113. The van der Waals surface area contributed by atoms with Gasteiger partial charge in [0, 0.05) is 12.6 Å². The zero-order chi connectivity index (χ0) is 10.1. The van der Waals surface area contributed by atoms with E-state index in [0.717, 1.165) is 13.1 Å². The molecule has 2 atom stereocenters. The maximum atomic E-state index is 10.9. The van der Waals surface area contributed by atoms with Gasteiger partial charge in [-0.2, -0.15) is 0 Å². The third kappa shape index (κ3) is 1.91. The molecule has 2 aliphatic heterocycles. The molecule has 0 aromatic heterocycles. The number of likely N-dealkylation sites (tertiary alicyclic amines) is 1. The smallest absolute Gasteiger partial charge is 0.326 e. The lowest BCUT2D eigenvalue weighted by Crippen LogP contribution is -2.34. The zero-order valence-electron chi connectivity index (χ0n) is 8.82. The van der Waals surface area contributed by atoms with Gasteiger partial charge >= 0.3 is 5.97 Å². The molecule has 2 rings (SSSR count). The standard InChI is InChI=1S/C10H18N2O2/c1-7(2)12-4-3-8(6-12)9-5-10(13)14-11-9/h7-9,11H,3-6H2,1-2H3/t8-,9?/m1/s1. The molecule has 2 saturated heterocycles. The topological polar surface area (TPSA) is 41.6 Å². The van der Waals surface area contributed by atoms with E-state index in [0.29, 0.717) is 18.4 Å². The van der Waals surface area contributed by atoms with Crippen LogP contribution in [0.2, 0.25) is 0 Å². The van der Waals surface area contributed by atoms with Crippen molar-refractivity contribution in [1.29, 1.82) is 0 Å². The highest BCUT2D eigenvalue weighted by Crippen LogP contribution is 2.25. The van der Waals surface area contributed by atoms with Gasteiger partial charge in [0.25, 0.3) is 0 Å². The second kappa shape index (κ2) is 3.87. The highest BCUT2D eigenvalue weighted by atomic mass is 16.7. The molecule has 0 saturated carbocycles. The van der Waals surface area contributed by atoms with Crippen LogP contribution in [0.5, 0.6) is 0 Å². The summed E-state index contributed by atoms with van der Waals surface area (Å²) in [7, 11) is 0. The highest BCUT2D eigenvalue weighted by molar-refractivity contribution is 5.71. The molecule has 2 aliphatic rings. The largest absolute Gasteiger partial charge is 0.370 e. The Kier molecular flexibility index (Phi) is 2.74. The second-order valence-electron chi connectivity index (χ2n) is 4.54. The molecule has 0 spiro atoms. The lowest BCUT2D eigenvalue weighted by Gasteiger charge is -2.21. The van der Waals surface area contributed by atoms with Crippen molar-refractivity contribution in [3.8, 4) is 0 Å². The fraction of sp³-hybridized carbons (Fsp3) is 0.900. The number of nitrogens with zero attached hydrogens (tertiary/aromatic N) is 1. The Labute approximate surface area is 84.6 Å². The van der Waals surface area contributed by atoms with Gasteiger partial charge in [0.1, 0.15) is 0 Å². The van der Waals surface area contributed by atoms with Crippen LogP contribution in [0, 0.1) is 5.92 Å². The van der Waals surface area contributed by atoms with Crippen molar-refractivity contribution in [3.63, 3.8) is 0 Å². The van der Waals surface area contributed by atoms with Gasteiger partial charge in [-0.05, 0) is 32.7 Å². The molecule has 4 heteroatoms. The molecule has 0 radical (unpaired) electrons. The van der Waals surface area contributed by atoms with Crippen LogP contribution in [0.3, 0.4) is 0 Å². The predicted octanol–water partition coefficient (Wildman–Crippen LogP) is 0.537. The SMILES string of the molecule is CC(C)N1CC[C@@H](C2CC(=O)ON2)C1. The minimum Gasteiger partial charge on any atom is -0.370 e. The van der Waals surface area contributed by atoms with Gasteiger partial charge in [-0.25, -0.2) is 0 Å². The Morgan fingerprint density at radius 3 is 2.86 bits per heavy atom. The van der Waals surface area contributed by atoms with Crippen molar-refractivity contribution in [3.05, 3.63) is 0 Å². The van der Waals surface area contributed by atoms with E-state index in [9.17, 15) is 4.79 Å². The highest BCUT2D eigenvalue weighted by Gasteiger charge is 2.35.